The van der Waals surface area contributed by atoms with Crippen molar-refractivity contribution in [1.29, 1.82) is 0 Å². The molecule has 1 saturated heterocycles. The van der Waals surface area contributed by atoms with Gasteiger partial charge in [0.15, 0.2) is 11.6 Å². The van der Waals surface area contributed by atoms with Gasteiger partial charge < -0.3 is 15.0 Å². The molecule has 1 atom stereocenters. The number of piperazine rings is 1. The van der Waals surface area contributed by atoms with Crippen molar-refractivity contribution < 1.29 is 9.13 Å². The molecule has 1 aliphatic rings. The molecule has 0 bridgehead atoms. The zero-order valence-corrected chi connectivity index (χ0v) is 12.7. The molecule has 5 nitrogen and oxygen atoms in total. The molecule has 3 rings (SSSR count). The molecule has 0 amide bonds. The van der Waals surface area contributed by atoms with Crippen LogP contribution in [0.25, 0.3) is 0 Å². The number of nitrogens with zero attached hydrogens (tertiary/aromatic N) is 3. The standard InChI is InChI=1S/C16H19FN4O/c1-11-3-4-13(17)14(7-11)22-16-8-15(19-10-20-16)21-6-5-18-12(2)9-21/h3-4,7-8,10,12,18H,5-6,9H2,1-2H3. The number of rotatable bonds is 3. The Labute approximate surface area is 129 Å². The number of hydrogen-bond donors (Lipinski definition) is 1. The van der Waals surface area contributed by atoms with Crippen molar-refractivity contribution in [2.45, 2.75) is 19.9 Å². The van der Waals surface area contributed by atoms with Gasteiger partial charge >= 0.3 is 0 Å². The Balaban J connectivity index is 1.80. The molecule has 1 aromatic heterocycles. The average Bonchev–Trinajstić information content (AvgIpc) is 2.51. The van der Waals surface area contributed by atoms with Gasteiger partial charge in [-0.2, -0.15) is 0 Å². The highest BCUT2D eigenvalue weighted by Gasteiger charge is 2.18. The Morgan fingerprint density at radius 2 is 2.18 bits per heavy atom. The molecule has 0 spiro atoms. The molecule has 1 fully saturated rings. The molecule has 6 heteroatoms. The molecule has 22 heavy (non-hydrogen) atoms. The van der Waals surface area contributed by atoms with Crippen LogP contribution in [-0.2, 0) is 0 Å². The third-order valence-electron chi connectivity index (χ3n) is 3.62. The van der Waals surface area contributed by atoms with Crippen LogP contribution in [0, 0.1) is 12.7 Å². The van der Waals surface area contributed by atoms with Gasteiger partial charge in [-0.05, 0) is 31.5 Å². The van der Waals surface area contributed by atoms with Gasteiger partial charge in [0.2, 0.25) is 5.88 Å². The fourth-order valence-corrected chi connectivity index (χ4v) is 2.50. The van der Waals surface area contributed by atoms with E-state index < -0.39 is 5.82 Å². The largest absolute Gasteiger partial charge is 0.436 e. The number of ether oxygens (including phenoxy) is 1. The molecular formula is C16H19FN4O. The number of aryl methyl sites for hydroxylation is 1. The molecule has 0 aliphatic carbocycles. The average molecular weight is 302 g/mol. The van der Waals surface area contributed by atoms with Crippen LogP contribution in [0.1, 0.15) is 12.5 Å². The monoisotopic (exact) mass is 302 g/mol. The van der Waals surface area contributed by atoms with Gasteiger partial charge in [-0.3, -0.25) is 0 Å². The van der Waals surface area contributed by atoms with Crippen LogP contribution in [0.3, 0.4) is 0 Å². The summed E-state index contributed by atoms with van der Waals surface area (Å²) in [5.74, 6) is 0.923. The molecule has 1 aliphatic heterocycles. The van der Waals surface area contributed by atoms with Crippen molar-refractivity contribution in [2.24, 2.45) is 0 Å². The first kappa shape index (κ1) is 14.7. The lowest BCUT2D eigenvalue weighted by Gasteiger charge is -2.32. The van der Waals surface area contributed by atoms with E-state index in [0.717, 1.165) is 31.0 Å². The highest BCUT2D eigenvalue weighted by atomic mass is 19.1. The van der Waals surface area contributed by atoms with Crippen molar-refractivity contribution in [3.8, 4) is 11.6 Å². The van der Waals surface area contributed by atoms with Crippen LogP contribution in [0.15, 0.2) is 30.6 Å². The SMILES string of the molecule is Cc1ccc(F)c(Oc2cc(N3CCNC(C)C3)ncn2)c1. The molecule has 1 unspecified atom stereocenters. The number of halogens is 1. The Morgan fingerprint density at radius 3 is 3.00 bits per heavy atom. The second-order valence-electron chi connectivity index (χ2n) is 5.55. The lowest BCUT2D eigenvalue weighted by Crippen LogP contribution is -2.49. The van der Waals surface area contributed by atoms with E-state index in [4.69, 9.17) is 4.74 Å². The lowest BCUT2D eigenvalue weighted by atomic mass is 10.2. The molecule has 2 heterocycles. The zero-order valence-electron chi connectivity index (χ0n) is 12.7. The third kappa shape index (κ3) is 3.33. The summed E-state index contributed by atoms with van der Waals surface area (Å²) in [5, 5.41) is 3.38. The van der Waals surface area contributed by atoms with E-state index in [1.807, 2.05) is 6.92 Å². The first-order chi connectivity index (χ1) is 10.6. The molecule has 116 valence electrons. The molecule has 2 aromatic rings. The number of aromatic nitrogens is 2. The summed E-state index contributed by atoms with van der Waals surface area (Å²) in [6, 6.07) is 6.91. The topological polar surface area (TPSA) is 50.3 Å². The Bertz CT molecular complexity index is 664. The van der Waals surface area contributed by atoms with E-state index in [2.05, 4.69) is 27.1 Å². The maximum atomic E-state index is 13.8. The minimum Gasteiger partial charge on any atom is -0.436 e. The summed E-state index contributed by atoms with van der Waals surface area (Å²) >= 11 is 0. The summed E-state index contributed by atoms with van der Waals surface area (Å²) < 4.78 is 19.4. The predicted octanol–water partition coefficient (Wildman–Crippen LogP) is 2.51. The van der Waals surface area contributed by atoms with Crippen molar-refractivity contribution in [2.75, 3.05) is 24.5 Å². The molecule has 0 saturated carbocycles. The minimum absolute atomic E-state index is 0.179. The normalized spacial score (nSPS) is 18.3. The highest BCUT2D eigenvalue weighted by Crippen LogP contribution is 2.26. The van der Waals surface area contributed by atoms with E-state index in [0.29, 0.717) is 11.9 Å². The minimum atomic E-state index is -0.401. The van der Waals surface area contributed by atoms with Gasteiger partial charge in [0, 0.05) is 31.7 Å². The van der Waals surface area contributed by atoms with Gasteiger partial charge in [-0.25, -0.2) is 14.4 Å². The van der Waals surface area contributed by atoms with Gasteiger partial charge in [0.05, 0.1) is 0 Å². The van der Waals surface area contributed by atoms with Crippen LogP contribution in [0.5, 0.6) is 11.6 Å². The number of anilines is 1. The van der Waals surface area contributed by atoms with Crippen LogP contribution < -0.4 is 15.0 Å². The highest BCUT2D eigenvalue weighted by molar-refractivity contribution is 5.43. The van der Waals surface area contributed by atoms with E-state index >= 15 is 0 Å². The maximum absolute atomic E-state index is 13.8. The molecule has 0 radical (unpaired) electrons. The number of benzene rings is 1. The molecular weight excluding hydrogens is 283 g/mol. The first-order valence-corrected chi connectivity index (χ1v) is 7.36. The summed E-state index contributed by atoms with van der Waals surface area (Å²) in [6.45, 7) is 6.68. The van der Waals surface area contributed by atoms with Crippen molar-refractivity contribution in [3.05, 3.63) is 42.0 Å². The Kier molecular flexibility index (Phi) is 4.20. The number of hydrogen-bond acceptors (Lipinski definition) is 5. The molecule has 1 N–H and O–H groups in total. The smallest absolute Gasteiger partial charge is 0.224 e. The van der Waals surface area contributed by atoms with Gasteiger partial charge in [-0.1, -0.05) is 6.07 Å². The maximum Gasteiger partial charge on any atom is 0.224 e. The van der Waals surface area contributed by atoms with Crippen molar-refractivity contribution >= 4 is 5.82 Å². The van der Waals surface area contributed by atoms with Gasteiger partial charge in [0.25, 0.3) is 0 Å². The second-order valence-corrected chi connectivity index (χ2v) is 5.55. The van der Waals surface area contributed by atoms with Crippen molar-refractivity contribution in [3.63, 3.8) is 0 Å². The number of nitrogens with one attached hydrogen (secondary N) is 1. The van der Waals surface area contributed by atoms with Crippen LogP contribution in [0.4, 0.5) is 10.2 Å². The fourth-order valence-electron chi connectivity index (χ4n) is 2.50. The van der Waals surface area contributed by atoms with E-state index in [1.54, 1.807) is 18.2 Å². The predicted molar refractivity (Wildman–Crippen MR) is 82.9 cm³/mol. The quantitative estimate of drug-likeness (QED) is 0.944. The van der Waals surface area contributed by atoms with E-state index in [9.17, 15) is 4.39 Å². The summed E-state index contributed by atoms with van der Waals surface area (Å²) in [6.07, 6.45) is 1.45. The summed E-state index contributed by atoms with van der Waals surface area (Å²) in [5.41, 5.74) is 0.932. The summed E-state index contributed by atoms with van der Waals surface area (Å²) in [7, 11) is 0. The van der Waals surface area contributed by atoms with Gasteiger partial charge in [-0.15, -0.1) is 0 Å². The Morgan fingerprint density at radius 1 is 1.32 bits per heavy atom. The summed E-state index contributed by atoms with van der Waals surface area (Å²) in [4.78, 5) is 10.5. The van der Waals surface area contributed by atoms with Gasteiger partial charge in [0.1, 0.15) is 12.1 Å². The van der Waals surface area contributed by atoms with E-state index in [-0.39, 0.29) is 5.75 Å². The first-order valence-electron chi connectivity index (χ1n) is 7.36. The van der Waals surface area contributed by atoms with Crippen LogP contribution in [-0.4, -0.2) is 35.6 Å². The lowest BCUT2D eigenvalue weighted by molar-refractivity contribution is 0.425. The van der Waals surface area contributed by atoms with Crippen molar-refractivity contribution in [1.82, 2.24) is 15.3 Å². The zero-order chi connectivity index (χ0) is 15.5. The fraction of sp³-hybridized carbons (Fsp3) is 0.375. The van der Waals surface area contributed by atoms with E-state index in [1.165, 1.54) is 12.4 Å². The Hall–Kier alpha value is -2.21. The van der Waals surface area contributed by atoms with Crippen LogP contribution in [0.2, 0.25) is 0 Å². The third-order valence-corrected chi connectivity index (χ3v) is 3.62. The molecule has 1 aromatic carbocycles. The van der Waals surface area contributed by atoms with Crippen LogP contribution >= 0.6 is 0 Å². The second kappa shape index (κ2) is 6.27.